The number of carbonyl (C=O) groups is 3. The van der Waals surface area contributed by atoms with Crippen molar-refractivity contribution in [2.45, 2.75) is 33.1 Å². The Labute approximate surface area is 185 Å². The van der Waals surface area contributed by atoms with E-state index < -0.39 is 10.8 Å². The molecule has 0 aliphatic carbocycles. The van der Waals surface area contributed by atoms with Gasteiger partial charge in [0.2, 0.25) is 11.8 Å². The first-order valence-corrected chi connectivity index (χ1v) is 10.5. The van der Waals surface area contributed by atoms with E-state index in [9.17, 15) is 24.5 Å². The van der Waals surface area contributed by atoms with Crippen LogP contribution in [0.25, 0.3) is 0 Å². The summed E-state index contributed by atoms with van der Waals surface area (Å²) in [5.41, 5.74) is 1.82. The molecule has 1 aliphatic rings. The smallest absolute Gasteiger partial charge is 0.271 e. The lowest BCUT2D eigenvalue weighted by Gasteiger charge is -2.16. The molecule has 0 bridgehead atoms. The van der Waals surface area contributed by atoms with Crippen LogP contribution in [0.4, 0.5) is 17.1 Å². The van der Waals surface area contributed by atoms with Crippen LogP contribution in [0.5, 0.6) is 0 Å². The number of non-ortho nitro benzene ring substituents is 1. The summed E-state index contributed by atoms with van der Waals surface area (Å²) in [6.45, 7) is 4.90. The van der Waals surface area contributed by atoms with Crippen molar-refractivity contribution in [3.63, 3.8) is 0 Å². The van der Waals surface area contributed by atoms with E-state index in [1.165, 1.54) is 12.1 Å². The van der Waals surface area contributed by atoms with Crippen LogP contribution in [0.2, 0.25) is 0 Å². The van der Waals surface area contributed by atoms with E-state index in [1.54, 1.807) is 42.2 Å². The number of unbranched alkanes of at least 4 members (excludes halogenated alkanes) is 1. The number of hydrogen-bond donors (Lipinski definition) is 2. The topological polar surface area (TPSA) is 122 Å². The van der Waals surface area contributed by atoms with Crippen LogP contribution in [0, 0.1) is 23.0 Å². The average Bonchev–Trinajstić information content (AvgIpc) is 3.14. The highest BCUT2D eigenvalue weighted by Crippen LogP contribution is 2.23. The molecule has 2 N–H and O–H groups in total. The number of amides is 3. The Hall–Kier alpha value is -3.75. The minimum Gasteiger partial charge on any atom is -0.342 e. The number of benzene rings is 2. The molecule has 9 heteroatoms. The lowest BCUT2D eigenvalue weighted by atomic mass is 10.1. The Morgan fingerprint density at radius 1 is 1.16 bits per heavy atom. The third kappa shape index (κ3) is 5.48. The molecule has 1 unspecified atom stereocenters. The number of likely N-dealkylation sites (tertiary alicyclic amines) is 1. The average molecular weight is 438 g/mol. The number of nitrogens with one attached hydrogen (secondary N) is 2. The molecule has 168 valence electrons. The standard InChI is InChI=1S/C23H26N4O5/c1-3-4-11-26-14-17(12-21(26)28)23(30)24-18-8-6-16(7-9-18)22(29)25-20-13-19(27(31)32)10-5-15(20)2/h5-10,13,17H,3-4,11-12,14H2,1-2H3,(H,24,30)(H,25,29). The van der Waals surface area contributed by atoms with Crippen molar-refractivity contribution in [3.8, 4) is 0 Å². The summed E-state index contributed by atoms with van der Waals surface area (Å²) in [5.74, 6) is -1.03. The quantitative estimate of drug-likeness (QED) is 0.480. The van der Waals surface area contributed by atoms with Gasteiger partial charge < -0.3 is 15.5 Å². The summed E-state index contributed by atoms with van der Waals surface area (Å²) in [6, 6.07) is 10.6. The maximum atomic E-state index is 12.5. The molecule has 1 aliphatic heterocycles. The first-order valence-electron chi connectivity index (χ1n) is 10.5. The van der Waals surface area contributed by atoms with E-state index >= 15 is 0 Å². The molecule has 2 aromatic carbocycles. The number of aryl methyl sites for hydroxylation is 1. The number of nitro groups is 1. The van der Waals surface area contributed by atoms with Crippen molar-refractivity contribution in [2.75, 3.05) is 23.7 Å². The second-order valence-corrected chi connectivity index (χ2v) is 7.87. The highest BCUT2D eigenvalue weighted by molar-refractivity contribution is 6.05. The van der Waals surface area contributed by atoms with E-state index in [0.29, 0.717) is 35.6 Å². The van der Waals surface area contributed by atoms with Crippen LogP contribution in [-0.2, 0) is 9.59 Å². The molecular formula is C23H26N4O5. The zero-order chi connectivity index (χ0) is 23.3. The van der Waals surface area contributed by atoms with Crippen molar-refractivity contribution < 1.29 is 19.3 Å². The molecule has 1 fully saturated rings. The monoisotopic (exact) mass is 438 g/mol. The van der Waals surface area contributed by atoms with Crippen molar-refractivity contribution in [2.24, 2.45) is 5.92 Å². The van der Waals surface area contributed by atoms with E-state index in [0.717, 1.165) is 12.8 Å². The van der Waals surface area contributed by atoms with Crippen molar-refractivity contribution in [1.82, 2.24) is 4.90 Å². The van der Waals surface area contributed by atoms with Crippen molar-refractivity contribution in [3.05, 3.63) is 63.7 Å². The first-order chi connectivity index (χ1) is 15.3. The highest BCUT2D eigenvalue weighted by Gasteiger charge is 2.33. The maximum Gasteiger partial charge on any atom is 0.271 e. The van der Waals surface area contributed by atoms with Gasteiger partial charge in [0.25, 0.3) is 11.6 Å². The second-order valence-electron chi connectivity index (χ2n) is 7.87. The van der Waals surface area contributed by atoms with Gasteiger partial charge in [0, 0.05) is 42.9 Å². The molecule has 3 rings (SSSR count). The summed E-state index contributed by atoms with van der Waals surface area (Å²) >= 11 is 0. The Balaban J connectivity index is 1.60. The van der Waals surface area contributed by atoms with Gasteiger partial charge in [0.15, 0.2) is 0 Å². The van der Waals surface area contributed by atoms with Crippen molar-refractivity contribution in [1.29, 1.82) is 0 Å². The Kier molecular flexibility index (Phi) is 7.19. The van der Waals surface area contributed by atoms with Gasteiger partial charge in [-0.3, -0.25) is 24.5 Å². The van der Waals surface area contributed by atoms with Crippen molar-refractivity contribution >= 4 is 34.8 Å². The molecule has 3 amide bonds. The first kappa shape index (κ1) is 22.9. The van der Waals surface area contributed by atoms with Crippen LogP contribution >= 0.6 is 0 Å². The molecule has 1 saturated heterocycles. The fraction of sp³-hybridized carbons (Fsp3) is 0.348. The van der Waals surface area contributed by atoms with Crippen LogP contribution in [-0.4, -0.2) is 40.6 Å². The SMILES string of the molecule is CCCCN1CC(C(=O)Nc2ccc(C(=O)Nc3cc([N+](=O)[O-])ccc3C)cc2)CC1=O. The van der Waals surface area contributed by atoms with Gasteiger partial charge in [-0.25, -0.2) is 0 Å². The molecule has 2 aromatic rings. The lowest BCUT2D eigenvalue weighted by Crippen LogP contribution is -2.29. The Morgan fingerprint density at radius 3 is 2.53 bits per heavy atom. The summed E-state index contributed by atoms with van der Waals surface area (Å²) in [5, 5.41) is 16.4. The highest BCUT2D eigenvalue weighted by atomic mass is 16.6. The minimum atomic E-state index is -0.520. The van der Waals surface area contributed by atoms with Crippen LogP contribution in [0.3, 0.4) is 0 Å². The molecule has 9 nitrogen and oxygen atoms in total. The summed E-state index contributed by atoms with van der Waals surface area (Å²) in [7, 11) is 0. The second kappa shape index (κ2) is 10.0. The van der Waals surface area contributed by atoms with Crippen LogP contribution in [0.1, 0.15) is 42.1 Å². The van der Waals surface area contributed by atoms with E-state index in [-0.39, 0.29) is 29.8 Å². The fourth-order valence-electron chi connectivity index (χ4n) is 3.51. The van der Waals surface area contributed by atoms with Gasteiger partial charge in [-0.05, 0) is 43.2 Å². The molecule has 1 heterocycles. The summed E-state index contributed by atoms with van der Waals surface area (Å²) in [4.78, 5) is 49.3. The van der Waals surface area contributed by atoms with Gasteiger partial charge in [-0.1, -0.05) is 19.4 Å². The molecule has 0 spiro atoms. The summed E-state index contributed by atoms with van der Waals surface area (Å²) in [6.07, 6.45) is 2.11. The molecule has 0 aromatic heterocycles. The third-order valence-electron chi connectivity index (χ3n) is 5.46. The zero-order valence-electron chi connectivity index (χ0n) is 18.1. The normalized spacial score (nSPS) is 15.5. The van der Waals surface area contributed by atoms with Gasteiger partial charge in [-0.2, -0.15) is 0 Å². The fourth-order valence-corrected chi connectivity index (χ4v) is 3.51. The predicted octanol–water partition coefficient (Wildman–Crippen LogP) is 3.74. The van der Waals surface area contributed by atoms with Gasteiger partial charge in [-0.15, -0.1) is 0 Å². The minimum absolute atomic E-state index is 0.00191. The number of rotatable bonds is 8. The van der Waals surface area contributed by atoms with Gasteiger partial charge in [0.05, 0.1) is 16.5 Å². The van der Waals surface area contributed by atoms with E-state index in [4.69, 9.17) is 0 Å². The number of anilines is 2. The molecule has 0 saturated carbocycles. The largest absolute Gasteiger partial charge is 0.342 e. The Morgan fingerprint density at radius 2 is 1.88 bits per heavy atom. The van der Waals surface area contributed by atoms with Crippen LogP contribution < -0.4 is 10.6 Å². The van der Waals surface area contributed by atoms with E-state index in [2.05, 4.69) is 17.6 Å². The zero-order valence-corrected chi connectivity index (χ0v) is 18.1. The van der Waals surface area contributed by atoms with E-state index in [1.807, 2.05) is 0 Å². The maximum absolute atomic E-state index is 12.5. The van der Waals surface area contributed by atoms with Gasteiger partial charge in [0.1, 0.15) is 0 Å². The van der Waals surface area contributed by atoms with Gasteiger partial charge >= 0.3 is 0 Å². The molecular weight excluding hydrogens is 412 g/mol. The third-order valence-corrected chi connectivity index (χ3v) is 5.46. The number of hydrogen-bond acceptors (Lipinski definition) is 5. The lowest BCUT2D eigenvalue weighted by molar-refractivity contribution is -0.384. The molecule has 32 heavy (non-hydrogen) atoms. The Bertz CT molecular complexity index is 1040. The van der Waals surface area contributed by atoms with Crippen LogP contribution in [0.15, 0.2) is 42.5 Å². The number of carbonyl (C=O) groups excluding carboxylic acids is 3. The predicted molar refractivity (Wildman–Crippen MR) is 120 cm³/mol. The number of nitrogens with zero attached hydrogens (tertiary/aromatic N) is 2. The number of nitro benzene ring substituents is 1. The molecule has 0 radical (unpaired) electrons. The summed E-state index contributed by atoms with van der Waals surface area (Å²) < 4.78 is 0. The molecule has 1 atom stereocenters.